The van der Waals surface area contributed by atoms with E-state index in [9.17, 15) is 0 Å². The Kier molecular flexibility index (Phi) is 5.48. The van der Waals surface area contributed by atoms with E-state index in [2.05, 4.69) is 21.9 Å². The van der Waals surface area contributed by atoms with E-state index >= 15 is 0 Å². The first-order valence-corrected chi connectivity index (χ1v) is 5.78. The van der Waals surface area contributed by atoms with Crippen molar-refractivity contribution < 1.29 is 0 Å². The first kappa shape index (κ1) is 14.0. The van der Waals surface area contributed by atoms with Gasteiger partial charge in [0.1, 0.15) is 11.0 Å². The Bertz CT molecular complexity index is 477. The normalized spacial score (nSPS) is 12.5. The smallest absolute Gasteiger partial charge is 0.225 e. The van der Waals surface area contributed by atoms with Gasteiger partial charge < -0.3 is 5.32 Å². The molecule has 0 aliphatic carbocycles. The highest BCUT2D eigenvalue weighted by Crippen LogP contribution is 2.21. The molecule has 0 aliphatic heterocycles. The summed E-state index contributed by atoms with van der Waals surface area (Å²) in [5, 5.41) is 3.77. The van der Waals surface area contributed by atoms with Crippen molar-refractivity contribution in [3.8, 4) is 0 Å². The molecule has 6 heteroatoms. The standard InChI is InChI=1S/C11H10Cl3N3/c1-7(12)15-11(14)17-8(2)16-10-6-4-3-5-9(10)13/h3-6,16H,2H2,1H3. The van der Waals surface area contributed by atoms with Crippen molar-refractivity contribution >= 4 is 51.0 Å². The van der Waals surface area contributed by atoms with Crippen molar-refractivity contribution in [1.82, 2.24) is 0 Å². The van der Waals surface area contributed by atoms with Crippen LogP contribution in [-0.2, 0) is 0 Å². The van der Waals surface area contributed by atoms with Crippen LogP contribution in [0.5, 0.6) is 0 Å². The minimum Gasteiger partial charge on any atom is -0.339 e. The van der Waals surface area contributed by atoms with Gasteiger partial charge in [-0.1, -0.05) is 41.9 Å². The van der Waals surface area contributed by atoms with Gasteiger partial charge in [0.05, 0.1) is 10.7 Å². The van der Waals surface area contributed by atoms with Crippen molar-refractivity contribution in [2.75, 3.05) is 5.32 Å². The highest BCUT2D eigenvalue weighted by Gasteiger charge is 2.00. The Balaban J connectivity index is 2.75. The number of anilines is 1. The van der Waals surface area contributed by atoms with Crippen molar-refractivity contribution in [2.45, 2.75) is 6.92 Å². The van der Waals surface area contributed by atoms with Crippen molar-refractivity contribution in [1.29, 1.82) is 0 Å². The van der Waals surface area contributed by atoms with E-state index in [0.29, 0.717) is 21.7 Å². The number of aliphatic imine (C=N–C) groups is 2. The topological polar surface area (TPSA) is 36.8 Å². The SMILES string of the molecule is C=C(N=C(Cl)N=C(C)Cl)Nc1ccccc1Cl. The summed E-state index contributed by atoms with van der Waals surface area (Å²) in [5.41, 5.74) is 0.693. The van der Waals surface area contributed by atoms with Crippen LogP contribution >= 0.6 is 34.8 Å². The van der Waals surface area contributed by atoms with Gasteiger partial charge >= 0.3 is 0 Å². The fourth-order valence-corrected chi connectivity index (χ4v) is 1.54. The zero-order valence-corrected chi connectivity index (χ0v) is 11.3. The molecule has 0 atom stereocenters. The Hall–Kier alpha value is -1.03. The molecule has 1 aromatic rings. The number of rotatable bonds is 3. The summed E-state index contributed by atoms with van der Waals surface area (Å²) >= 11 is 17.2. The molecule has 0 aliphatic rings. The predicted molar refractivity (Wildman–Crippen MR) is 76.5 cm³/mol. The molecule has 0 fully saturated rings. The number of nitrogens with one attached hydrogen (secondary N) is 1. The number of benzene rings is 1. The molecule has 0 spiro atoms. The molecule has 17 heavy (non-hydrogen) atoms. The summed E-state index contributed by atoms with van der Waals surface area (Å²) < 4.78 is 0. The number of halogens is 3. The van der Waals surface area contributed by atoms with Crippen LogP contribution in [0, 0.1) is 0 Å². The van der Waals surface area contributed by atoms with Gasteiger partial charge in [-0.15, -0.1) is 0 Å². The molecular formula is C11H10Cl3N3. The second kappa shape index (κ2) is 6.64. The van der Waals surface area contributed by atoms with Crippen molar-refractivity contribution in [3.63, 3.8) is 0 Å². The first-order valence-electron chi connectivity index (χ1n) is 4.64. The monoisotopic (exact) mass is 289 g/mol. The van der Waals surface area contributed by atoms with Crippen LogP contribution in [-0.4, -0.2) is 10.5 Å². The molecule has 0 bridgehead atoms. The van der Waals surface area contributed by atoms with E-state index in [1.54, 1.807) is 19.1 Å². The van der Waals surface area contributed by atoms with E-state index < -0.39 is 0 Å². The minimum atomic E-state index is 0.00190. The summed E-state index contributed by atoms with van der Waals surface area (Å²) in [7, 11) is 0. The first-order chi connectivity index (χ1) is 7.99. The van der Waals surface area contributed by atoms with Gasteiger partial charge in [-0.25, -0.2) is 9.98 Å². The number of nitrogens with zero attached hydrogens (tertiary/aromatic N) is 2. The average molecular weight is 291 g/mol. The fraction of sp³-hybridized carbons (Fsp3) is 0.0909. The summed E-state index contributed by atoms with van der Waals surface area (Å²) in [5.74, 6) is 0.324. The van der Waals surface area contributed by atoms with Gasteiger partial charge in [0.25, 0.3) is 0 Å². The van der Waals surface area contributed by atoms with Gasteiger partial charge in [-0.2, -0.15) is 0 Å². The molecule has 0 saturated heterocycles. The van der Waals surface area contributed by atoms with Crippen LogP contribution < -0.4 is 5.32 Å². The Morgan fingerprint density at radius 2 is 1.88 bits per heavy atom. The second-order valence-electron chi connectivity index (χ2n) is 3.04. The highest BCUT2D eigenvalue weighted by atomic mass is 35.5. The quantitative estimate of drug-likeness (QED) is 0.497. The van der Waals surface area contributed by atoms with Crippen molar-refractivity contribution in [2.24, 2.45) is 9.98 Å². The number of hydrogen-bond acceptors (Lipinski definition) is 2. The maximum atomic E-state index is 5.96. The van der Waals surface area contributed by atoms with E-state index in [0.717, 1.165) is 0 Å². The van der Waals surface area contributed by atoms with E-state index in [1.807, 2.05) is 12.1 Å². The Morgan fingerprint density at radius 1 is 1.24 bits per heavy atom. The lowest BCUT2D eigenvalue weighted by molar-refractivity contribution is 1.32. The molecule has 1 N–H and O–H groups in total. The molecule has 0 saturated carbocycles. The van der Waals surface area contributed by atoms with Crippen LogP contribution in [0.4, 0.5) is 5.69 Å². The lowest BCUT2D eigenvalue weighted by Crippen LogP contribution is -1.98. The van der Waals surface area contributed by atoms with E-state index in [-0.39, 0.29) is 5.29 Å². The largest absolute Gasteiger partial charge is 0.339 e. The van der Waals surface area contributed by atoms with E-state index in [4.69, 9.17) is 34.8 Å². The van der Waals surface area contributed by atoms with Gasteiger partial charge in [-0.05, 0) is 30.7 Å². The molecule has 1 rings (SSSR count). The summed E-state index contributed by atoms with van der Waals surface area (Å²) in [6, 6.07) is 7.22. The van der Waals surface area contributed by atoms with Gasteiger partial charge in [0, 0.05) is 0 Å². The van der Waals surface area contributed by atoms with Crippen LogP contribution in [0.1, 0.15) is 6.92 Å². The lowest BCUT2D eigenvalue weighted by atomic mass is 10.3. The zero-order valence-electron chi connectivity index (χ0n) is 9.04. The van der Waals surface area contributed by atoms with Crippen molar-refractivity contribution in [3.05, 3.63) is 41.7 Å². The summed E-state index contributed by atoms with van der Waals surface area (Å²) in [6.45, 7) is 5.29. The maximum absolute atomic E-state index is 5.96. The third kappa shape index (κ3) is 5.22. The fourth-order valence-electron chi connectivity index (χ4n) is 1.01. The third-order valence-electron chi connectivity index (χ3n) is 1.63. The van der Waals surface area contributed by atoms with Gasteiger partial charge in [0.15, 0.2) is 0 Å². The average Bonchev–Trinajstić information content (AvgIpc) is 2.19. The molecule has 0 radical (unpaired) electrons. The third-order valence-corrected chi connectivity index (χ3v) is 2.21. The maximum Gasteiger partial charge on any atom is 0.225 e. The molecular weight excluding hydrogens is 281 g/mol. The molecule has 1 aromatic carbocycles. The van der Waals surface area contributed by atoms with E-state index in [1.165, 1.54) is 0 Å². The van der Waals surface area contributed by atoms with Gasteiger partial charge in [-0.3, -0.25) is 0 Å². The summed E-state index contributed by atoms with van der Waals surface area (Å²) in [4.78, 5) is 7.64. The molecule has 0 amide bonds. The predicted octanol–water partition coefficient (Wildman–Crippen LogP) is 4.48. The zero-order chi connectivity index (χ0) is 12.8. The summed E-state index contributed by atoms with van der Waals surface area (Å²) in [6.07, 6.45) is 0. The Labute approximate surface area is 115 Å². The number of para-hydroxylation sites is 1. The number of hydrogen-bond donors (Lipinski definition) is 1. The Morgan fingerprint density at radius 3 is 2.47 bits per heavy atom. The van der Waals surface area contributed by atoms with Crippen LogP contribution in [0.2, 0.25) is 5.02 Å². The second-order valence-corrected chi connectivity index (χ2v) is 4.33. The number of amidine groups is 1. The molecule has 90 valence electrons. The highest BCUT2D eigenvalue weighted by molar-refractivity contribution is 6.71. The van der Waals surface area contributed by atoms with Crippen LogP contribution in [0.25, 0.3) is 0 Å². The lowest BCUT2D eigenvalue weighted by Gasteiger charge is -2.06. The van der Waals surface area contributed by atoms with Crippen LogP contribution in [0.3, 0.4) is 0 Å². The minimum absolute atomic E-state index is 0.00190. The molecule has 0 heterocycles. The van der Waals surface area contributed by atoms with Crippen LogP contribution in [0.15, 0.2) is 46.7 Å². The van der Waals surface area contributed by atoms with Gasteiger partial charge in [0.2, 0.25) is 5.29 Å². The molecule has 0 unspecified atom stereocenters. The molecule has 3 nitrogen and oxygen atoms in total. The molecule has 0 aromatic heterocycles.